The lowest BCUT2D eigenvalue weighted by Crippen LogP contribution is -2.46. The predicted molar refractivity (Wildman–Crippen MR) is 72.4 cm³/mol. The molecule has 1 aliphatic heterocycles. The first-order chi connectivity index (χ1) is 8.72. The Balaban J connectivity index is 2.19. The Bertz CT molecular complexity index is 356. The third-order valence-corrected chi connectivity index (χ3v) is 3.71. The van der Waals surface area contributed by atoms with E-state index in [1.165, 1.54) is 6.42 Å². The summed E-state index contributed by atoms with van der Waals surface area (Å²) in [7, 11) is 6.39. The van der Waals surface area contributed by atoms with Gasteiger partial charge in [-0.25, -0.2) is 0 Å². The monoisotopic (exact) mass is 249 g/mol. The quantitative estimate of drug-likeness (QED) is 0.838. The van der Waals surface area contributed by atoms with E-state index in [-0.39, 0.29) is 6.04 Å². The molecule has 1 aromatic heterocycles. The maximum Gasteiger partial charge on any atom is 0.0772 e. The Morgan fingerprint density at radius 1 is 1.33 bits per heavy atom. The molecule has 5 heteroatoms. The highest BCUT2D eigenvalue weighted by atomic mass is 15.2. The smallest absolute Gasteiger partial charge is 0.0772 e. The molecule has 0 saturated carbocycles. The summed E-state index contributed by atoms with van der Waals surface area (Å²) in [6.07, 6.45) is 6.57. The summed E-state index contributed by atoms with van der Waals surface area (Å²) in [5.74, 6) is 0. The molecule has 1 fully saturated rings. The van der Waals surface area contributed by atoms with Crippen LogP contribution < -0.4 is 5.32 Å². The molecule has 2 unspecified atom stereocenters. The van der Waals surface area contributed by atoms with Gasteiger partial charge in [0.05, 0.1) is 17.9 Å². The number of nitrogens with zero attached hydrogens (tertiary/aromatic N) is 4. The van der Waals surface area contributed by atoms with Gasteiger partial charge >= 0.3 is 0 Å². The van der Waals surface area contributed by atoms with Gasteiger partial charge in [-0.3, -0.25) is 9.97 Å². The van der Waals surface area contributed by atoms with Crippen LogP contribution in [0.25, 0.3) is 0 Å². The first-order valence-corrected chi connectivity index (χ1v) is 6.54. The lowest BCUT2D eigenvalue weighted by molar-refractivity contribution is 0.180. The van der Waals surface area contributed by atoms with Crippen LogP contribution in [0.5, 0.6) is 0 Å². The summed E-state index contributed by atoms with van der Waals surface area (Å²) >= 11 is 0. The van der Waals surface area contributed by atoms with Crippen LogP contribution in [0, 0.1) is 0 Å². The van der Waals surface area contributed by atoms with Crippen molar-refractivity contribution >= 4 is 0 Å². The SMILES string of the molecule is CNC(c1cnccn1)C1CN(C)CCCN1C. The molecular formula is C13H23N5. The van der Waals surface area contributed by atoms with Crippen LogP contribution in [-0.2, 0) is 0 Å². The number of aromatic nitrogens is 2. The van der Waals surface area contributed by atoms with Gasteiger partial charge in [-0.2, -0.15) is 0 Å². The molecule has 0 amide bonds. The van der Waals surface area contributed by atoms with Gasteiger partial charge in [0.2, 0.25) is 0 Å². The molecule has 0 aromatic carbocycles. The molecule has 1 saturated heterocycles. The van der Waals surface area contributed by atoms with Crippen LogP contribution in [0.4, 0.5) is 0 Å². The highest BCUT2D eigenvalue weighted by molar-refractivity contribution is 5.07. The first kappa shape index (κ1) is 13.4. The highest BCUT2D eigenvalue weighted by Gasteiger charge is 2.29. The van der Waals surface area contributed by atoms with E-state index in [4.69, 9.17) is 0 Å². The molecule has 1 N–H and O–H groups in total. The van der Waals surface area contributed by atoms with Crippen LogP contribution >= 0.6 is 0 Å². The zero-order chi connectivity index (χ0) is 13.0. The molecule has 5 nitrogen and oxygen atoms in total. The molecule has 2 rings (SSSR count). The average molecular weight is 249 g/mol. The second-order valence-electron chi connectivity index (χ2n) is 5.06. The van der Waals surface area contributed by atoms with Crippen molar-refractivity contribution in [1.82, 2.24) is 25.1 Å². The van der Waals surface area contributed by atoms with Gasteiger partial charge < -0.3 is 15.1 Å². The molecule has 0 spiro atoms. The third-order valence-electron chi connectivity index (χ3n) is 3.71. The zero-order valence-corrected chi connectivity index (χ0v) is 11.5. The molecule has 0 radical (unpaired) electrons. The lowest BCUT2D eigenvalue weighted by atomic mass is 10.0. The normalized spacial score (nSPS) is 24.7. The Kier molecular flexibility index (Phi) is 4.63. The van der Waals surface area contributed by atoms with Crippen LogP contribution in [-0.4, -0.2) is 66.6 Å². The molecule has 0 aliphatic carbocycles. The van der Waals surface area contributed by atoms with E-state index in [0.29, 0.717) is 6.04 Å². The van der Waals surface area contributed by atoms with E-state index in [0.717, 1.165) is 25.3 Å². The van der Waals surface area contributed by atoms with E-state index in [1.807, 2.05) is 13.2 Å². The standard InChI is InChI=1S/C13H23N5/c1-14-13(11-9-15-5-6-16-11)12-10-17(2)7-4-8-18(12)3/h5-6,9,12-14H,4,7-8,10H2,1-3H3. The fourth-order valence-electron chi connectivity index (χ4n) is 2.67. The van der Waals surface area contributed by atoms with Gasteiger partial charge in [-0.15, -0.1) is 0 Å². The van der Waals surface area contributed by atoms with E-state index in [1.54, 1.807) is 12.4 Å². The Morgan fingerprint density at radius 3 is 2.83 bits per heavy atom. The number of nitrogens with one attached hydrogen (secondary N) is 1. The molecule has 1 aromatic rings. The number of hydrogen-bond donors (Lipinski definition) is 1. The predicted octanol–water partition coefficient (Wildman–Crippen LogP) is 0.373. The Labute approximate surface area is 109 Å². The minimum Gasteiger partial charge on any atom is -0.310 e. The highest BCUT2D eigenvalue weighted by Crippen LogP contribution is 2.20. The first-order valence-electron chi connectivity index (χ1n) is 6.54. The van der Waals surface area contributed by atoms with Crippen molar-refractivity contribution in [3.63, 3.8) is 0 Å². The summed E-state index contributed by atoms with van der Waals surface area (Å²) in [5, 5.41) is 3.40. The van der Waals surface area contributed by atoms with Gasteiger partial charge in [-0.05, 0) is 40.7 Å². The summed E-state index contributed by atoms with van der Waals surface area (Å²) < 4.78 is 0. The van der Waals surface area contributed by atoms with Crippen molar-refractivity contribution < 1.29 is 0 Å². The summed E-state index contributed by atoms with van der Waals surface area (Å²) in [5.41, 5.74) is 1.02. The summed E-state index contributed by atoms with van der Waals surface area (Å²) in [6.45, 7) is 3.35. The molecule has 2 atom stereocenters. The van der Waals surface area contributed by atoms with E-state index in [2.05, 4.69) is 39.2 Å². The lowest BCUT2D eigenvalue weighted by Gasteiger charge is -2.33. The summed E-state index contributed by atoms with van der Waals surface area (Å²) in [6, 6.07) is 0.656. The van der Waals surface area contributed by atoms with Gasteiger partial charge in [-0.1, -0.05) is 0 Å². The molecule has 1 aliphatic rings. The van der Waals surface area contributed by atoms with Crippen molar-refractivity contribution in [2.45, 2.75) is 18.5 Å². The van der Waals surface area contributed by atoms with Gasteiger partial charge in [0.1, 0.15) is 0 Å². The van der Waals surface area contributed by atoms with Crippen molar-refractivity contribution in [2.75, 3.05) is 40.8 Å². The van der Waals surface area contributed by atoms with E-state index in [9.17, 15) is 0 Å². The fourth-order valence-corrected chi connectivity index (χ4v) is 2.67. The molecule has 2 heterocycles. The van der Waals surface area contributed by atoms with Crippen molar-refractivity contribution in [1.29, 1.82) is 0 Å². The molecule has 0 bridgehead atoms. The molecule has 100 valence electrons. The summed E-state index contributed by atoms with van der Waals surface area (Å²) in [4.78, 5) is 13.5. The van der Waals surface area contributed by atoms with Crippen LogP contribution in [0.15, 0.2) is 18.6 Å². The Morgan fingerprint density at radius 2 is 2.17 bits per heavy atom. The maximum absolute atomic E-state index is 4.45. The average Bonchev–Trinajstić information content (AvgIpc) is 2.54. The second kappa shape index (κ2) is 6.22. The van der Waals surface area contributed by atoms with E-state index < -0.39 is 0 Å². The second-order valence-corrected chi connectivity index (χ2v) is 5.06. The minimum absolute atomic E-state index is 0.226. The largest absolute Gasteiger partial charge is 0.310 e. The van der Waals surface area contributed by atoms with Crippen molar-refractivity contribution in [3.05, 3.63) is 24.3 Å². The maximum atomic E-state index is 4.45. The van der Waals surface area contributed by atoms with Gasteiger partial charge in [0, 0.05) is 25.0 Å². The molecule has 18 heavy (non-hydrogen) atoms. The molecular weight excluding hydrogens is 226 g/mol. The van der Waals surface area contributed by atoms with Crippen LogP contribution in [0.2, 0.25) is 0 Å². The number of rotatable bonds is 3. The van der Waals surface area contributed by atoms with Crippen molar-refractivity contribution in [2.24, 2.45) is 0 Å². The third kappa shape index (κ3) is 3.04. The van der Waals surface area contributed by atoms with Crippen molar-refractivity contribution in [3.8, 4) is 0 Å². The zero-order valence-electron chi connectivity index (χ0n) is 11.5. The number of hydrogen-bond acceptors (Lipinski definition) is 5. The van der Waals surface area contributed by atoms with E-state index >= 15 is 0 Å². The Hall–Kier alpha value is -1.04. The minimum atomic E-state index is 0.226. The van der Waals surface area contributed by atoms with Crippen LogP contribution in [0.1, 0.15) is 18.2 Å². The number of likely N-dealkylation sites (N-methyl/N-ethyl adjacent to an activating group) is 3. The topological polar surface area (TPSA) is 44.3 Å². The van der Waals surface area contributed by atoms with Gasteiger partial charge in [0.15, 0.2) is 0 Å². The van der Waals surface area contributed by atoms with Gasteiger partial charge in [0.25, 0.3) is 0 Å². The fraction of sp³-hybridized carbons (Fsp3) is 0.692. The van der Waals surface area contributed by atoms with Crippen LogP contribution in [0.3, 0.4) is 0 Å².